The first kappa shape index (κ1) is 12.7. The lowest BCUT2D eigenvalue weighted by molar-refractivity contribution is -0.121. The van der Waals surface area contributed by atoms with Crippen LogP contribution >= 0.6 is 0 Å². The Morgan fingerprint density at radius 3 is 3.17 bits per heavy atom. The number of benzene rings is 1. The minimum Gasteiger partial charge on any atom is -0.384 e. The molecule has 0 radical (unpaired) electrons. The molecule has 3 heteroatoms. The molecule has 18 heavy (non-hydrogen) atoms. The highest BCUT2D eigenvalue weighted by Crippen LogP contribution is 2.32. The van der Waals surface area contributed by atoms with Crippen molar-refractivity contribution in [1.82, 2.24) is 5.32 Å². The second-order valence-corrected chi connectivity index (χ2v) is 4.86. The van der Waals surface area contributed by atoms with Gasteiger partial charge in [-0.1, -0.05) is 24.3 Å². The fraction of sp³-hybridized carbons (Fsp3) is 0.400. The number of hydrogen-bond donors (Lipinski definition) is 2. The summed E-state index contributed by atoms with van der Waals surface area (Å²) in [5, 5.41) is 6.34. The van der Waals surface area contributed by atoms with Crippen molar-refractivity contribution in [2.45, 2.75) is 31.7 Å². The number of amides is 1. The Bertz CT molecular complexity index is 442. The predicted octanol–water partition coefficient (Wildman–Crippen LogP) is 2.67. The Morgan fingerprint density at radius 1 is 1.61 bits per heavy atom. The van der Waals surface area contributed by atoms with Crippen LogP contribution < -0.4 is 10.6 Å². The topological polar surface area (TPSA) is 41.1 Å². The van der Waals surface area contributed by atoms with Crippen molar-refractivity contribution in [1.29, 1.82) is 0 Å². The second-order valence-electron chi connectivity index (χ2n) is 4.86. The van der Waals surface area contributed by atoms with Crippen LogP contribution in [0.1, 0.15) is 31.2 Å². The van der Waals surface area contributed by atoms with E-state index < -0.39 is 0 Å². The first-order chi connectivity index (χ1) is 8.70. The Labute approximate surface area is 108 Å². The van der Waals surface area contributed by atoms with E-state index in [1.54, 1.807) is 0 Å². The van der Waals surface area contributed by atoms with Gasteiger partial charge in [0.05, 0.1) is 0 Å². The van der Waals surface area contributed by atoms with E-state index in [2.05, 4.69) is 29.3 Å². The maximum Gasteiger partial charge on any atom is 0.220 e. The molecule has 2 rings (SSSR count). The van der Waals surface area contributed by atoms with Gasteiger partial charge in [0.1, 0.15) is 0 Å². The normalized spacial score (nSPS) is 18.6. The fourth-order valence-corrected chi connectivity index (χ4v) is 2.41. The number of carbonyl (C=O) groups is 1. The molecule has 2 unspecified atom stereocenters. The Hall–Kier alpha value is -1.77. The van der Waals surface area contributed by atoms with Gasteiger partial charge >= 0.3 is 0 Å². The van der Waals surface area contributed by atoms with E-state index >= 15 is 0 Å². The molecule has 0 aromatic heterocycles. The number of rotatable bonds is 5. The largest absolute Gasteiger partial charge is 0.384 e. The van der Waals surface area contributed by atoms with Crippen molar-refractivity contribution in [3.63, 3.8) is 0 Å². The average molecular weight is 244 g/mol. The predicted molar refractivity (Wildman–Crippen MR) is 74.7 cm³/mol. The molecule has 1 aliphatic rings. The molecule has 1 aliphatic heterocycles. The molecule has 1 heterocycles. The van der Waals surface area contributed by atoms with Crippen LogP contribution in [0, 0.1) is 0 Å². The highest BCUT2D eigenvalue weighted by molar-refractivity contribution is 5.78. The number of fused-ring (bicyclic) bond motifs is 1. The molecule has 0 aliphatic carbocycles. The van der Waals surface area contributed by atoms with Crippen molar-refractivity contribution in [2.75, 3.05) is 11.9 Å². The zero-order valence-electron chi connectivity index (χ0n) is 10.8. The second kappa shape index (κ2) is 5.71. The van der Waals surface area contributed by atoms with Crippen molar-refractivity contribution >= 4 is 11.6 Å². The molecule has 2 atom stereocenters. The van der Waals surface area contributed by atoms with Crippen LogP contribution in [0.15, 0.2) is 36.9 Å². The molecule has 3 nitrogen and oxygen atoms in total. The zero-order chi connectivity index (χ0) is 13.0. The molecule has 1 aromatic carbocycles. The smallest absolute Gasteiger partial charge is 0.220 e. The summed E-state index contributed by atoms with van der Waals surface area (Å²) in [5.74, 6) is 0.407. The molecule has 1 aromatic rings. The van der Waals surface area contributed by atoms with Gasteiger partial charge in [-0.05, 0) is 25.0 Å². The van der Waals surface area contributed by atoms with Crippen LogP contribution in [0.5, 0.6) is 0 Å². The summed E-state index contributed by atoms with van der Waals surface area (Å²) in [6.45, 7) is 6.53. The summed E-state index contributed by atoms with van der Waals surface area (Å²) < 4.78 is 0. The molecule has 2 N–H and O–H groups in total. The molecule has 96 valence electrons. The van der Waals surface area contributed by atoms with Crippen molar-refractivity contribution in [2.24, 2.45) is 0 Å². The third-order valence-corrected chi connectivity index (χ3v) is 3.30. The van der Waals surface area contributed by atoms with Crippen LogP contribution in [0.4, 0.5) is 5.69 Å². The minimum atomic E-state index is 0.118. The zero-order valence-corrected chi connectivity index (χ0v) is 10.8. The minimum absolute atomic E-state index is 0.118. The molecule has 0 saturated carbocycles. The molecule has 1 amide bonds. The Morgan fingerprint density at radius 2 is 2.39 bits per heavy atom. The molecule has 0 saturated heterocycles. The highest BCUT2D eigenvalue weighted by Gasteiger charge is 2.24. The summed E-state index contributed by atoms with van der Waals surface area (Å²) in [6, 6.07) is 8.37. The lowest BCUT2D eigenvalue weighted by Crippen LogP contribution is -2.33. The average Bonchev–Trinajstić information content (AvgIpc) is 2.73. The summed E-state index contributed by atoms with van der Waals surface area (Å²) in [5.41, 5.74) is 2.42. The number of hydrogen-bond acceptors (Lipinski definition) is 2. The van der Waals surface area contributed by atoms with Crippen molar-refractivity contribution in [3.8, 4) is 0 Å². The van der Waals surface area contributed by atoms with Crippen LogP contribution in [0.3, 0.4) is 0 Å². The maximum atomic E-state index is 11.9. The quantitative estimate of drug-likeness (QED) is 0.782. The summed E-state index contributed by atoms with van der Waals surface area (Å²) in [7, 11) is 0. The molecule has 0 bridgehead atoms. The lowest BCUT2D eigenvalue weighted by atomic mass is 9.97. The van der Waals surface area contributed by atoms with Gasteiger partial charge in [-0.15, -0.1) is 6.58 Å². The third-order valence-electron chi connectivity index (χ3n) is 3.30. The number of anilines is 1. The van der Waals surface area contributed by atoms with Crippen molar-refractivity contribution < 1.29 is 4.79 Å². The van der Waals surface area contributed by atoms with E-state index in [1.165, 1.54) is 5.56 Å². The summed E-state index contributed by atoms with van der Waals surface area (Å²) in [6.07, 6.45) is 3.19. The van der Waals surface area contributed by atoms with Crippen LogP contribution in [-0.2, 0) is 4.79 Å². The first-order valence-corrected chi connectivity index (χ1v) is 6.43. The summed E-state index contributed by atoms with van der Waals surface area (Å²) in [4.78, 5) is 11.9. The van der Waals surface area contributed by atoms with Gasteiger partial charge in [0.15, 0.2) is 0 Å². The van der Waals surface area contributed by atoms with E-state index in [1.807, 2.05) is 25.1 Å². The monoisotopic (exact) mass is 244 g/mol. The van der Waals surface area contributed by atoms with E-state index in [0.29, 0.717) is 6.42 Å². The standard InChI is InChI=1S/C15H20N2O/c1-3-6-11(2)17-15(18)9-12-10-16-14-8-5-4-7-13(12)14/h3-5,7-8,11-12,16H,1,6,9-10H2,2H3,(H,17,18). The number of para-hydroxylation sites is 1. The first-order valence-electron chi connectivity index (χ1n) is 6.43. The van der Waals surface area contributed by atoms with E-state index in [-0.39, 0.29) is 17.9 Å². The maximum absolute atomic E-state index is 11.9. The third kappa shape index (κ3) is 2.92. The van der Waals surface area contributed by atoms with E-state index in [0.717, 1.165) is 18.7 Å². The Balaban J connectivity index is 1.91. The van der Waals surface area contributed by atoms with Crippen molar-refractivity contribution in [3.05, 3.63) is 42.5 Å². The van der Waals surface area contributed by atoms with Gasteiger partial charge in [0, 0.05) is 30.6 Å². The molecule has 0 spiro atoms. The molecular formula is C15H20N2O. The summed E-state index contributed by atoms with van der Waals surface area (Å²) >= 11 is 0. The van der Waals surface area contributed by atoms with Gasteiger partial charge in [0.25, 0.3) is 0 Å². The molecule has 0 fully saturated rings. The highest BCUT2D eigenvalue weighted by atomic mass is 16.1. The number of nitrogens with one attached hydrogen (secondary N) is 2. The SMILES string of the molecule is C=CCC(C)NC(=O)CC1CNc2ccccc21. The fourth-order valence-electron chi connectivity index (χ4n) is 2.41. The lowest BCUT2D eigenvalue weighted by Gasteiger charge is -2.14. The van der Waals surface area contributed by atoms with Crippen LogP contribution in [0.2, 0.25) is 0 Å². The van der Waals surface area contributed by atoms with Gasteiger partial charge in [-0.2, -0.15) is 0 Å². The van der Waals surface area contributed by atoms with E-state index in [9.17, 15) is 4.79 Å². The van der Waals surface area contributed by atoms with E-state index in [4.69, 9.17) is 0 Å². The van der Waals surface area contributed by atoms with Crippen LogP contribution in [0.25, 0.3) is 0 Å². The molecular weight excluding hydrogens is 224 g/mol. The van der Waals surface area contributed by atoms with Gasteiger partial charge in [-0.3, -0.25) is 4.79 Å². The number of carbonyl (C=O) groups excluding carboxylic acids is 1. The van der Waals surface area contributed by atoms with Crippen LogP contribution in [-0.4, -0.2) is 18.5 Å². The van der Waals surface area contributed by atoms with Gasteiger partial charge < -0.3 is 10.6 Å². The Kier molecular flexibility index (Phi) is 4.03. The van der Waals surface area contributed by atoms with Gasteiger partial charge in [0.2, 0.25) is 5.91 Å². The van der Waals surface area contributed by atoms with Gasteiger partial charge in [-0.25, -0.2) is 0 Å².